The molecule has 3 N–H and O–H groups in total. The van der Waals surface area contributed by atoms with Gasteiger partial charge in [-0.15, -0.1) is 0 Å². The van der Waals surface area contributed by atoms with Gasteiger partial charge in [0.15, 0.2) is 0 Å². The second-order valence-corrected chi connectivity index (χ2v) is 6.12. The maximum Gasteiger partial charge on any atom is 0.258 e. The number of nitrogens with zero attached hydrogens (tertiary/aromatic N) is 1. The number of carbonyl (C=O) groups excluding carboxylic acids is 1. The Bertz CT molecular complexity index is 795. The summed E-state index contributed by atoms with van der Waals surface area (Å²) in [5.74, 6) is -0.996. The first kappa shape index (κ1) is 19.0. The molecule has 0 atom stereocenters. The molecule has 1 amide bonds. The number of fused-ring (bicyclic) bond motifs is 1. The van der Waals surface area contributed by atoms with Crippen LogP contribution < -0.4 is 0 Å². The molecule has 134 valence electrons. The van der Waals surface area contributed by atoms with Crippen molar-refractivity contribution in [2.75, 3.05) is 0 Å². The van der Waals surface area contributed by atoms with Gasteiger partial charge in [-0.1, -0.05) is 26.0 Å². The first-order chi connectivity index (χ1) is 11.9. The van der Waals surface area contributed by atoms with Crippen molar-refractivity contribution in [3.05, 3.63) is 58.4 Å². The molecule has 2 aromatic carbocycles. The minimum absolute atomic E-state index is 0.00960. The molecule has 2 aromatic rings. The van der Waals surface area contributed by atoms with Gasteiger partial charge < -0.3 is 15.1 Å². The van der Waals surface area contributed by atoms with Crippen molar-refractivity contribution in [3.63, 3.8) is 0 Å². The second kappa shape index (κ2) is 7.72. The van der Waals surface area contributed by atoms with Gasteiger partial charge in [-0.2, -0.15) is 0 Å². The number of halogens is 2. The minimum atomic E-state index is -0.375. The van der Waals surface area contributed by atoms with Crippen LogP contribution in [0.3, 0.4) is 0 Å². The molecule has 0 radical (unpaired) electrons. The number of benzene rings is 2. The fraction of sp³-hybridized carbons (Fsp3) is 0.278. The quantitative estimate of drug-likeness (QED) is 0.756. The zero-order valence-corrected chi connectivity index (χ0v) is 14.6. The molecule has 25 heavy (non-hydrogen) atoms. The Morgan fingerprint density at radius 1 is 1.16 bits per heavy atom. The van der Waals surface area contributed by atoms with Crippen molar-refractivity contribution in [2.45, 2.75) is 32.9 Å². The molecule has 0 saturated carbocycles. The van der Waals surface area contributed by atoms with E-state index in [0.717, 1.165) is 5.56 Å². The summed E-state index contributed by atoms with van der Waals surface area (Å²) in [5, 5.41) is 19.9. The highest BCUT2D eigenvalue weighted by Crippen LogP contribution is 2.34. The van der Waals surface area contributed by atoms with Crippen LogP contribution in [-0.4, -0.2) is 25.7 Å². The molecule has 0 aromatic heterocycles. The minimum Gasteiger partial charge on any atom is -0.508 e. The Hall–Kier alpha value is -2.31. The average molecular weight is 368 g/mol. The van der Waals surface area contributed by atoms with Crippen LogP contribution in [0.25, 0.3) is 0 Å². The summed E-state index contributed by atoms with van der Waals surface area (Å²) in [7, 11) is 0. The van der Waals surface area contributed by atoms with Crippen molar-refractivity contribution in [3.8, 4) is 11.5 Å². The predicted octanol–water partition coefficient (Wildman–Crippen LogP) is 3.65. The van der Waals surface area contributed by atoms with Crippen LogP contribution in [0.15, 0.2) is 30.3 Å². The summed E-state index contributed by atoms with van der Waals surface area (Å²) in [5.41, 5.74) is 2.01. The van der Waals surface area contributed by atoms with E-state index in [1.807, 2.05) is 13.8 Å². The van der Waals surface area contributed by atoms with Crippen LogP contribution in [0.4, 0.5) is 4.39 Å². The first-order valence-corrected chi connectivity index (χ1v) is 8.00. The molecule has 0 aliphatic carbocycles. The van der Waals surface area contributed by atoms with Crippen LogP contribution in [-0.2, 0) is 13.1 Å². The van der Waals surface area contributed by atoms with E-state index in [1.165, 1.54) is 23.1 Å². The monoisotopic (exact) mass is 367 g/mol. The van der Waals surface area contributed by atoms with Crippen molar-refractivity contribution >= 4 is 17.8 Å². The van der Waals surface area contributed by atoms with Crippen LogP contribution in [0.2, 0.25) is 0 Å². The van der Waals surface area contributed by atoms with Crippen LogP contribution in [0.1, 0.15) is 46.8 Å². The van der Waals surface area contributed by atoms with Crippen molar-refractivity contribution in [1.29, 1.82) is 0 Å². The van der Waals surface area contributed by atoms with Crippen LogP contribution >= 0.6 is 11.9 Å². The first-order valence-electron chi connectivity index (χ1n) is 7.66. The fourth-order valence-electron chi connectivity index (χ4n) is 2.92. The fourth-order valence-corrected chi connectivity index (χ4v) is 2.92. The third-order valence-corrected chi connectivity index (χ3v) is 4.21. The van der Waals surface area contributed by atoms with Gasteiger partial charge in [0.25, 0.3) is 5.91 Å². The second-order valence-electron chi connectivity index (χ2n) is 6.12. The van der Waals surface area contributed by atoms with E-state index in [-0.39, 0.29) is 41.2 Å². The number of rotatable bonds is 2. The number of carbonyl (C=O) groups is 1. The van der Waals surface area contributed by atoms with E-state index >= 15 is 0 Å². The van der Waals surface area contributed by atoms with E-state index in [2.05, 4.69) is 11.9 Å². The Balaban J connectivity index is 0.00000109. The predicted molar refractivity (Wildman–Crippen MR) is 91.9 cm³/mol. The summed E-state index contributed by atoms with van der Waals surface area (Å²) in [6.07, 6.45) is 0. The van der Waals surface area contributed by atoms with Crippen molar-refractivity contribution in [1.82, 2.24) is 4.90 Å². The third kappa shape index (κ3) is 3.70. The standard InChI is InChI=1S/C18H18FNO3.ClHO/c1-10(2)12-6-13(17(22)7-16(12)21)18(23)20-8-11-4-3-5-15(19)14(11)9-20;1-2/h3-7,10,21-22H,8-9H2,1-2H3;2H. The molecule has 0 unspecified atom stereocenters. The molecule has 5 nitrogen and oxygen atoms in total. The summed E-state index contributed by atoms with van der Waals surface area (Å²) in [6, 6.07) is 7.49. The number of hydrogen-bond donors (Lipinski definition) is 3. The van der Waals surface area contributed by atoms with Crippen molar-refractivity contribution in [2.24, 2.45) is 0 Å². The molecule has 0 fully saturated rings. The van der Waals surface area contributed by atoms with Gasteiger partial charge in [0, 0.05) is 24.7 Å². The number of phenolic OH excluding ortho intramolecular Hbond substituents is 2. The number of amides is 1. The maximum atomic E-state index is 13.8. The van der Waals surface area contributed by atoms with Gasteiger partial charge >= 0.3 is 0 Å². The average Bonchev–Trinajstić information content (AvgIpc) is 3.01. The van der Waals surface area contributed by atoms with Gasteiger partial charge in [0.1, 0.15) is 17.3 Å². The van der Waals surface area contributed by atoms with Gasteiger partial charge in [0.05, 0.1) is 17.4 Å². The Morgan fingerprint density at radius 3 is 2.44 bits per heavy atom. The Labute approximate surface area is 150 Å². The van der Waals surface area contributed by atoms with Gasteiger partial charge in [-0.05, 0) is 29.2 Å². The summed E-state index contributed by atoms with van der Waals surface area (Å²) in [6.45, 7) is 4.27. The highest BCUT2D eigenvalue weighted by atomic mass is 35.5. The van der Waals surface area contributed by atoms with Crippen LogP contribution in [0, 0.1) is 5.82 Å². The number of hydrogen-bond acceptors (Lipinski definition) is 4. The molecule has 0 bridgehead atoms. The van der Waals surface area contributed by atoms with E-state index in [4.69, 9.17) is 4.66 Å². The van der Waals surface area contributed by atoms with E-state index in [0.29, 0.717) is 17.7 Å². The molecular formula is C18H19ClFNO4. The molecule has 7 heteroatoms. The summed E-state index contributed by atoms with van der Waals surface area (Å²) < 4.78 is 20.3. The molecule has 1 aliphatic rings. The Kier molecular flexibility index (Phi) is 5.87. The zero-order chi connectivity index (χ0) is 18.7. The number of aromatic hydroxyl groups is 2. The third-order valence-electron chi connectivity index (χ3n) is 4.21. The normalized spacial score (nSPS) is 12.6. The van der Waals surface area contributed by atoms with Gasteiger partial charge in [0.2, 0.25) is 0 Å². The number of phenols is 2. The molecular weight excluding hydrogens is 349 g/mol. The summed E-state index contributed by atoms with van der Waals surface area (Å²) >= 11 is 3.64. The van der Waals surface area contributed by atoms with E-state index < -0.39 is 0 Å². The zero-order valence-electron chi connectivity index (χ0n) is 13.8. The molecule has 1 aliphatic heterocycles. The SMILES string of the molecule is CC(C)c1cc(C(=O)N2Cc3cccc(F)c3C2)c(O)cc1O.OCl. The molecule has 3 rings (SSSR count). The molecule has 1 heterocycles. The topological polar surface area (TPSA) is 81.0 Å². The van der Waals surface area contributed by atoms with Gasteiger partial charge in [-0.3, -0.25) is 9.45 Å². The Morgan fingerprint density at radius 2 is 1.84 bits per heavy atom. The lowest BCUT2D eigenvalue weighted by Crippen LogP contribution is -2.25. The lowest BCUT2D eigenvalue weighted by molar-refractivity contribution is 0.0747. The van der Waals surface area contributed by atoms with E-state index in [9.17, 15) is 19.4 Å². The molecule has 0 spiro atoms. The lowest BCUT2D eigenvalue weighted by atomic mass is 9.98. The van der Waals surface area contributed by atoms with Gasteiger partial charge in [-0.25, -0.2) is 4.39 Å². The largest absolute Gasteiger partial charge is 0.508 e. The highest BCUT2D eigenvalue weighted by molar-refractivity contribution is 6.04. The lowest BCUT2D eigenvalue weighted by Gasteiger charge is -2.18. The summed E-state index contributed by atoms with van der Waals surface area (Å²) in [4.78, 5) is 14.2. The highest BCUT2D eigenvalue weighted by Gasteiger charge is 2.28. The van der Waals surface area contributed by atoms with Crippen LogP contribution in [0.5, 0.6) is 11.5 Å². The smallest absolute Gasteiger partial charge is 0.258 e. The van der Waals surface area contributed by atoms with E-state index in [1.54, 1.807) is 12.1 Å². The maximum absolute atomic E-state index is 13.8. The van der Waals surface area contributed by atoms with Crippen molar-refractivity contribution < 1.29 is 24.1 Å². The molecule has 0 saturated heterocycles.